The van der Waals surface area contributed by atoms with Crippen LogP contribution in [-0.4, -0.2) is 19.1 Å². The lowest BCUT2D eigenvalue weighted by atomic mass is 10.1. The Bertz CT molecular complexity index is 662. The normalized spacial score (nSPS) is 14.0. The van der Waals surface area contributed by atoms with E-state index < -0.39 is 0 Å². The second-order valence-corrected chi connectivity index (χ2v) is 5.26. The largest absolute Gasteiger partial charge is 0.491 e. The van der Waals surface area contributed by atoms with Gasteiger partial charge in [-0.25, -0.2) is 0 Å². The highest BCUT2D eigenvalue weighted by atomic mass is 16.5. The van der Waals surface area contributed by atoms with Gasteiger partial charge in [-0.2, -0.15) is 0 Å². The van der Waals surface area contributed by atoms with E-state index in [-0.39, 0.29) is 5.91 Å². The summed E-state index contributed by atoms with van der Waals surface area (Å²) in [7, 11) is 0. The molecule has 4 nitrogen and oxygen atoms in total. The standard InChI is InChI=1S/C17H18N2O2/c1-12-9-13(11-14(18)10-12)17(20)19-7-4-8-21-16-6-3-2-5-15(16)19/h2-3,5-6,9-11H,4,7-8,18H2,1H3. The molecule has 1 aliphatic rings. The Morgan fingerprint density at radius 3 is 2.86 bits per heavy atom. The van der Waals surface area contributed by atoms with Crippen LogP contribution < -0.4 is 15.4 Å². The number of nitrogens with two attached hydrogens (primary N) is 1. The molecule has 0 atom stereocenters. The number of amides is 1. The second kappa shape index (κ2) is 5.48. The summed E-state index contributed by atoms with van der Waals surface area (Å²) in [5, 5.41) is 0. The number of aryl methyl sites for hydroxylation is 1. The van der Waals surface area contributed by atoms with Crippen LogP contribution in [-0.2, 0) is 0 Å². The number of para-hydroxylation sites is 2. The summed E-state index contributed by atoms with van der Waals surface area (Å²) in [6.07, 6.45) is 0.807. The fourth-order valence-corrected chi connectivity index (χ4v) is 2.63. The molecule has 0 radical (unpaired) electrons. The molecular formula is C17H18N2O2. The van der Waals surface area contributed by atoms with Crippen molar-refractivity contribution in [3.05, 3.63) is 53.6 Å². The number of hydrogen-bond acceptors (Lipinski definition) is 3. The summed E-state index contributed by atoms with van der Waals surface area (Å²) in [6, 6.07) is 13.1. The summed E-state index contributed by atoms with van der Waals surface area (Å²) in [4.78, 5) is 14.6. The van der Waals surface area contributed by atoms with Gasteiger partial charge in [-0.3, -0.25) is 4.79 Å². The molecule has 0 unspecified atom stereocenters. The molecule has 2 aromatic rings. The van der Waals surface area contributed by atoms with Crippen molar-refractivity contribution in [1.82, 2.24) is 0 Å². The van der Waals surface area contributed by atoms with E-state index in [1.165, 1.54) is 0 Å². The Hall–Kier alpha value is -2.49. The third kappa shape index (κ3) is 2.70. The van der Waals surface area contributed by atoms with Crippen molar-refractivity contribution < 1.29 is 9.53 Å². The lowest BCUT2D eigenvalue weighted by molar-refractivity contribution is 0.0987. The van der Waals surface area contributed by atoms with E-state index in [0.29, 0.717) is 24.4 Å². The van der Waals surface area contributed by atoms with Crippen LogP contribution in [0.3, 0.4) is 0 Å². The quantitative estimate of drug-likeness (QED) is 0.818. The van der Waals surface area contributed by atoms with Crippen molar-refractivity contribution in [2.75, 3.05) is 23.8 Å². The Balaban J connectivity index is 2.01. The van der Waals surface area contributed by atoms with E-state index in [9.17, 15) is 4.79 Å². The Morgan fingerprint density at radius 2 is 2.05 bits per heavy atom. The number of ether oxygens (including phenoxy) is 1. The van der Waals surface area contributed by atoms with Crippen LogP contribution in [0.1, 0.15) is 22.3 Å². The molecule has 108 valence electrons. The molecule has 1 amide bonds. The molecule has 0 aromatic heterocycles. The number of rotatable bonds is 1. The van der Waals surface area contributed by atoms with Crippen LogP contribution in [0.25, 0.3) is 0 Å². The summed E-state index contributed by atoms with van der Waals surface area (Å²) in [5.74, 6) is 0.715. The van der Waals surface area contributed by atoms with E-state index in [1.54, 1.807) is 11.0 Å². The summed E-state index contributed by atoms with van der Waals surface area (Å²) < 4.78 is 5.69. The average Bonchev–Trinajstić information content (AvgIpc) is 2.68. The zero-order valence-corrected chi connectivity index (χ0v) is 12.0. The summed E-state index contributed by atoms with van der Waals surface area (Å²) in [5.41, 5.74) is 8.88. The minimum atomic E-state index is -0.0386. The van der Waals surface area contributed by atoms with Gasteiger partial charge >= 0.3 is 0 Å². The monoisotopic (exact) mass is 282 g/mol. The van der Waals surface area contributed by atoms with Gasteiger partial charge in [0.2, 0.25) is 0 Å². The average molecular weight is 282 g/mol. The fourth-order valence-electron chi connectivity index (χ4n) is 2.63. The Morgan fingerprint density at radius 1 is 1.24 bits per heavy atom. The number of benzene rings is 2. The first-order chi connectivity index (χ1) is 10.1. The van der Waals surface area contributed by atoms with Gasteiger partial charge in [-0.05, 0) is 49.2 Å². The summed E-state index contributed by atoms with van der Waals surface area (Å²) >= 11 is 0. The first-order valence-electron chi connectivity index (χ1n) is 7.06. The van der Waals surface area contributed by atoms with Crippen molar-refractivity contribution in [1.29, 1.82) is 0 Å². The number of nitrogen functional groups attached to an aromatic ring is 1. The maximum absolute atomic E-state index is 12.8. The van der Waals surface area contributed by atoms with Gasteiger partial charge in [-0.15, -0.1) is 0 Å². The number of hydrogen-bond donors (Lipinski definition) is 1. The molecule has 0 spiro atoms. The lowest BCUT2D eigenvalue weighted by Gasteiger charge is -2.22. The summed E-state index contributed by atoms with van der Waals surface area (Å²) in [6.45, 7) is 3.20. The van der Waals surface area contributed by atoms with Crippen molar-refractivity contribution in [2.45, 2.75) is 13.3 Å². The minimum absolute atomic E-state index is 0.0386. The molecule has 0 bridgehead atoms. The number of carbonyl (C=O) groups excluding carboxylic acids is 1. The van der Waals surface area contributed by atoms with Gasteiger partial charge in [-0.1, -0.05) is 12.1 Å². The number of nitrogens with zero attached hydrogens (tertiary/aromatic N) is 1. The van der Waals surface area contributed by atoms with Gasteiger partial charge in [0.15, 0.2) is 0 Å². The number of anilines is 2. The predicted octanol–water partition coefficient (Wildman–Crippen LogP) is 3.01. The van der Waals surface area contributed by atoms with E-state index in [1.807, 2.05) is 43.3 Å². The van der Waals surface area contributed by atoms with Crippen LogP contribution in [0.15, 0.2) is 42.5 Å². The van der Waals surface area contributed by atoms with Crippen molar-refractivity contribution in [2.24, 2.45) is 0 Å². The molecule has 3 rings (SSSR count). The van der Waals surface area contributed by atoms with Gasteiger partial charge < -0.3 is 15.4 Å². The first kappa shape index (κ1) is 13.5. The SMILES string of the molecule is Cc1cc(N)cc(C(=O)N2CCCOc3ccccc32)c1. The minimum Gasteiger partial charge on any atom is -0.491 e. The molecule has 0 aliphatic carbocycles. The molecule has 0 saturated heterocycles. The first-order valence-corrected chi connectivity index (χ1v) is 7.06. The fraction of sp³-hybridized carbons (Fsp3) is 0.235. The van der Waals surface area contributed by atoms with Crippen LogP contribution in [0, 0.1) is 6.92 Å². The van der Waals surface area contributed by atoms with Gasteiger partial charge in [0, 0.05) is 17.8 Å². The van der Waals surface area contributed by atoms with Crippen LogP contribution >= 0.6 is 0 Å². The number of carbonyl (C=O) groups is 1. The van der Waals surface area contributed by atoms with E-state index in [0.717, 1.165) is 23.4 Å². The van der Waals surface area contributed by atoms with Crippen molar-refractivity contribution in [3.8, 4) is 5.75 Å². The van der Waals surface area contributed by atoms with Gasteiger partial charge in [0.1, 0.15) is 5.75 Å². The molecule has 0 saturated carbocycles. The van der Waals surface area contributed by atoms with Crippen molar-refractivity contribution >= 4 is 17.3 Å². The molecule has 4 heteroatoms. The second-order valence-electron chi connectivity index (χ2n) is 5.26. The molecule has 0 fully saturated rings. The van der Waals surface area contributed by atoms with Gasteiger partial charge in [0.05, 0.1) is 12.3 Å². The van der Waals surface area contributed by atoms with Crippen LogP contribution in [0.5, 0.6) is 5.75 Å². The third-order valence-corrected chi connectivity index (χ3v) is 3.53. The highest BCUT2D eigenvalue weighted by molar-refractivity contribution is 6.07. The lowest BCUT2D eigenvalue weighted by Crippen LogP contribution is -2.31. The highest BCUT2D eigenvalue weighted by Crippen LogP contribution is 2.31. The zero-order valence-electron chi connectivity index (χ0n) is 12.0. The smallest absolute Gasteiger partial charge is 0.258 e. The maximum atomic E-state index is 12.8. The predicted molar refractivity (Wildman–Crippen MR) is 83.8 cm³/mol. The Labute approximate surface area is 124 Å². The van der Waals surface area contributed by atoms with Crippen LogP contribution in [0.2, 0.25) is 0 Å². The number of fused-ring (bicyclic) bond motifs is 1. The maximum Gasteiger partial charge on any atom is 0.258 e. The third-order valence-electron chi connectivity index (χ3n) is 3.53. The van der Waals surface area contributed by atoms with Crippen molar-refractivity contribution in [3.63, 3.8) is 0 Å². The van der Waals surface area contributed by atoms with E-state index in [4.69, 9.17) is 10.5 Å². The van der Waals surface area contributed by atoms with Crippen LogP contribution in [0.4, 0.5) is 11.4 Å². The van der Waals surface area contributed by atoms with Gasteiger partial charge in [0.25, 0.3) is 5.91 Å². The highest BCUT2D eigenvalue weighted by Gasteiger charge is 2.23. The molecule has 2 aromatic carbocycles. The Kier molecular flexibility index (Phi) is 3.52. The zero-order chi connectivity index (χ0) is 14.8. The molecule has 1 heterocycles. The van der Waals surface area contributed by atoms with E-state index in [2.05, 4.69) is 0 Å². The van der Waals surface area contributed by atoms with E-state index >= 15 is 0 Å². The molecule has 1 aliphatic heterocycles. The molecular weight excluding hydrogens is 264 g/mol. The topological polar surface area (TPSA) is 55.6 Å². The molecule has 2 N–H and O–H groups in total. The molecule has 21 heavy (non-hydrogen) atoms.